The molecule has 5 heteroatoms. The van der Waals surface area contributed by atoms with Gasteiger partial charge in [0.1, 0.15) is 0 Å². The molecule has 1 heterocycles. The molecule has 1 aromatic carbocycles. The Labute approximate surface area is 129 Å². The summed E-state index contributed by atoms with van der Waals surface area (Å²) >= 11 is 0. The Kier molecular flexibility index (Phi) is 5.61. The first-order chi connectivity index (χ1) is 10.6. The van der Waals surface area contributed by atoms with Crippen molar-refractivity contribution in [3.8, 4) is 17.1 Å². The Balaban J connectivity index is 1.98. The fraction of sp³-hybridized carbons (Fsp3) is 0.294. The van der Waals surface area contributed by atoms with E-state index in [-0.39, 0.29) is 11.9 Å². The number of phenols is 1. The number of hydrogen-bond donors (Lipinski definition) is 2. The third-order valence-electron chi connectivity index (χ3n) is 3.18. The van der Waals surface area contributed by atoms with E-state index in [2.05, 4.69) is 9.97 Å². The van der Waals surface area contributed by atoms with Gasteiger partial charge in [-0.25, -0.2) is 14.4 Å². The van der Waals surface area contributed by atoms with Crippen LogP contribution in [0.1, 0.15) is 31.7 Å². The van der Waals surface area contributed by atoms with Crippen molar-refractivity contribution in [3.05, 3.63) is 48.0 Å². The summed E-state index contributed by atoms with van der Waals surface area (Å²) in [5.74, 6) is -0.672. The largest absolute Gasteiger partial charge is 0.505 e. The van der Waals surface area contributed by atoms with Gasteiger partial charge in [-0.05, 0) is 44.4 Å². The first-order valence-corrected chi connectivity index (χ1v) is 7.22. The first-order valence-electron chi connectivity index (χ1n) is 7.22. The number of unbranched alkanes of at least 4 members (excludes halogenated alkanes) is 1. The molecular weight excluding hydrogens is 283 g/mol. The highest BCUT2D eigenvalue weighted by atomic mass is 19.1. The van der Waals surface area contributed by atoms with E-state index in [1.165, 1.54) is 12.1 Å². The molecule has 2 N–H and O–H groups in total. The zero-order valence-electron chi connectivity index (χ0n) is 12.4. The predicted molar refractivity (Wildman–Crippen MR) is 83.7 cm³/mol. The van der Waals surface area contributed by atoms with Gasteiger partial charge >= 0.3 is 0 Å². The van der Waals surface area contributed by atoms with Crippen LogP contribution in [0.5, 0.6) is 5.75 Å². The number of benzene rings is 1. The van der Waals surface area contributed by atoms with Gasteiger partial charge in [-0.3, -0.25) is 0 Å². The Morgan fingerprint density at radius 2 is 2.00 bits per heavy atom. The van der Waals surface area contributed by atoms with Crippen molar-refractivity contribution < 1.29 is 14.6 Å². The Bertz CT molecular complexity index is 640. The molecule has 1 atom stereocenters. The van der Waals surface area contributed by atoms with Crippen molar-refractivity contribution in [3.63, 3.8) is 0 Å². The van der Waals surface area contributed by atoms with Crippen LogP contribution < -0.4 is 0 Å². The summed E-state index contributed by atoms with van der Waals surface area (Å²) in [7, 11) is 0. The van der Waals surface area contributed by atoms with Gasteiger partial charge in [0, 0.05) is 23.5 Å². The highest BCUT2D eigenvalue weighted by Crippen LogP contribution is 2.22. The maximum atomic E-state index is 13.3. The van der Waals surface area contributed by atoms with Crippen molar-refractivity contribution in [2.75, 3.05) is 0 Å². The molecule has 0 aliphatic heterocycles. The zero-order chi connectivity index (χ0) is 15.9. The van der Waals surface area contributed by atoms with E-state index >= 15 is 0 Å². The molecule has 1 aromatic heterocycles. The van der Waals surface area contributed by atoms with E-state index in [1.54, 1.807) is 25.4 Å². The van der Waals surface area contributed by atoms with E-state index < -0.39 is 5.82 Å². The monoisotopic (exact) mass is 302 g/mol. The van der Waals surface area contributed by atoms with Gasteiger partial charge in [0.15, 0.2) is 17.4 Å². The third kappa shape index (κ3) is 4.63. The number of aliphatic hydroxyl groups is 1. The second-order valence-corrected chi connectivity index (χ2v) is 5.19. The van der Waals surface area contributed by atoms with E-state index in [0.717, 1.165) is 24.8 Å². The van der Waals surface area contributed by atoms with Gasteiger partial charge < -0.3 is 10.2 Å². The van der Waals surface area contributed by atoms with Crippen LogP contribution in [0.15, 0.2) is 36.7 Å². The quantitative estimate of drug-likeness (QED) is 0.801. The lowest BCUT2D eigenvalue weighted by Gasteiger charge is -2.02. The predicted octanol–water partition coefficient (Wildman–Crippen LogP) is 3.55. The van der Waals surface area contributed by atoms with Crippen LogP contribution in [0.2, 0.25) is 0 Å². The molecule has 0 aliphatic carbocycles. The number of aromatic hydroxyl groups is 1. The van der Waals surface area contributed by atoms with Crippen molar-refractivity contribution in [1.82, 2.24) is 9.97 Å². The highest BCUT2D eigenvalue weighted by Gasteiger charge is 2.05. The summed E-state index contributed by atoms with van der Waals surface area (Å²) in [6.45, 7) is 1.78. The Morgan fingerprint density at radius 1 is 1.27 bits per heavy atom. The summed E-state index contributed by atoms with van der Waals surface area (Å²) < 4.78 is 13.3. The minimum Gasteiger partial charge on any atom is -0.505 e. The minimum absolute atomic E-state index is 0.262. The van der Waals surface area contributed by atoms with Crippen LogP contribution in [0, 0.1) is 5.82 Å². The van der Waals surface area contributed by atoms with E-state index in [1.807, 2.05) is 12.2 Å². The molecule has 1 unspecified atom stereocenters. The molecule has 0 fully saturated rings. The average molecular weight is 302 g/mol. The smallest absolute Gasteiger partial charge is 0.165 e. The Morgan fingerprint density at radius 3 is 2.64 bits per heavy atom. The SMILES string of the molecule is CC(O)CCCC=Cc1cnc(-c2ccc(O)c(F)c2)nc1. The first kappa shape index (κ1) is 16.1. The van der Waals surface area contributed by atoms with Crippen LogP contribution in [-0.4, -0.2) is 26.3 Å². The average Bonchev–Trinajstić information content (AvgIpc) is 2.50. The summed E-state index contributed by atoms with van der Waals surface area (Å²) in [6.07, 6.45) is 9.60. The van der Waals surface area contributed by atoms with Gasteiger partial charge in [0.05, 0.1) is 6.10 Å². The van der Waals surface area contributed by atoms with Crippen LogP contribution >= 0.6 is 0 Å². The summed E-state index contributed by atoms with van der Waals surface area (Å²) in [6, 6.07) is 4.06. The normalized spacial score (nSPS) is 12.7. The van der Waals surface area contributed by atoms with E-state index in [9.17, 15) is 4.39 Å². The maximum Gasteiger partial charge on any atom is 0.165 e. The molecule has 2 aromatic rings. The minimum atomic E-state index is -0.691. The maximum absolute atomic E-state index is 13.3. The molecule has 0 aliphatic rings. The number of phenolic OH excluding ortho intramolecular Hbond substituents is 1. The number of nitrogens with zero attached hydrogens (tertiary/aromatic N) is 2. The molecule has 22 heavy (non-hydrogen) atoms. The second kappa shape index (κ2) is 7.66. The molecule has 2 rings (SSSR count). The molecule has 0 amide bonds. The van der Waals surface area contributed by atoms with E-state index in [0.29, 0.717) is 11.4 Å². The number of allylic oxidation sites excluding steroid dienone is 1. The number of aliphatic hydroxyl groups excluding tert-OH is 1. The molecule has 116 valence electrons. The summed E-state index contributed by atoms with van der Waals surface area (Å²) in [5.41, 5.74) is 1.38. The van der Waals surface area contributed by atoms with Gasteiger partial charge in [-0.15, -0.1) is 0 Å². The fourth-order valence-electron chi connectivity index (χ4n) is 1.97. The molecular formula is C17H19FN2O2. The van der Waals surface area contributed by atoms with Crippen LogP contribution in [0.25, 0.3) is 17.5 Å². The lowest BCUT2D eigenvalue weighted by molar-refractivity contribution is 0.182. The fourth-order valence-corrected chi connectivity index (χ4v) is 1.97. The Hall–Kier alpha value is -2.27. The van der Waals surface area contributed by atoms with Crippen molar-refractivity contribution in [1.29, 1.82) is 0 Å². The zero-order valence-corrected chi connectivity index (χ0v) is 12.4. The number of hydrogen-bond acceptors (Lipinski definition) is 4. The van der Waals surface area contributed by atoms with Gasteiger partial charge in [0.2, 0.25) is 0 Å². The van der Waals surface area contributed by atoms with Crippen molar-refractivity contribution in [2.45, 2.75) is 32.3 Å². The number of halogens is 1. The number of aromatic nitrogens is 2. The lowest BCUT2D eigenvalue weighted by atomic mass is 10.1. The number of rotatable bonds is 6. The van der Waals surface area contributed by atoms with Crippen LogP contribution in [0.4, 0.5) is 4.39 Å². The molecule has 0 radical (unpaired) electrons. The van der Waals surface area contributed by atoms with Gasteiger partial charge in [-0.1, -0.05) is 12.2 Å². The van der Waals surface area contributed by atoms with Crippen molar-refractivity contribution in [2.24, 2.45) is 0 Å². The van der Waals surface area contributed by atoms with Crippen LogP contribution in [-0.2, 0) is 0 Å². The highest BCUT2D eigenvalue weighted by molar-refractivity contribution is 5.57. The topological polar surface area (TPSA) is 66.2 Å². The summed E-state index contributed by atoms with van der Waals surface area (Å²) in [4.78, 5) is 8.39. The van der Waals surface area contributed by atoms with Crippen LogP contribution in [0.3, 0.4) is 0 Å². The molecule has 0 saturated carbocycles. The summed E-state index contributed by atoms with van der Waals surface area (Å²) in [5, 5.41) is 18.3. The third-order valence-corrected chi connectivity index (χ3v) is 3.18. The lowest BCUT2D eigenvalue weighted by Crippen LogP contribution is -1.97. The van der Waals surface area contributed by atoms with Crippen molar-refractivity contribution >= 4 is 6.08 Å². The molecule has 4 nitrogen and oxygen atoms in total. The van der Waals surface area contributed by atoms with Gasteiger partial charge in [-0.2, -0.15) is 0 Å². The molecule has 0 spiro atoms. The molecule has 0 saturated heterocycles. The standard InChI is InChI=1S/C17H19FN2O2/c1-12(21)5-3-2-4-6-13-10-19-17(20-11-13)14-7-8-16(22)15(18)9-14/h4,6-12,21-22H,2-3,5H2,1H3. The van der Waals surface area contributed by atoms with Gasteiger partial charge in [0.25, 0.3) is 0 Å². The van der Waals surface area contributed by atoms with E-state index in [4.69, 9.17) is 10.2 Å². The molecule has 0 bridgehead atoms. The second-order valence-electron chi connectivity index (χ2n) is 5.19.